The normalized spacial score (nSPS) is 12.1. The van der Waals surface area contributed by atoms with Crippen LogP contribution >= 0.6 is 0 Å². The van der Waals surface area contributed by atoms with Crippen molar-refractivity contribution in [3.05, 3.63) is 0 Å². The van der Waals surface area contributed by atoms with E-state index in [9.17, 15) is 9.59 Å². The van der Waals surface area contributed by atoms with E-state index in [1.165, 1.54) is 38.5 Å². The van der Waals surface area contributed by atoms with Crippen molar-refractivity contribution in [3.63, 3.8) is 0 Å². The van der Waals surface area contributed by atoms with E-state index in [4.69, 9.17) is 9.47 Å². The van der Waals surface area contributed by atoms with Crippen molar-refractivity contribution in [1.82, 2.24) is 0 Å². The highest BCUT2D eigenvalue weighted by atomic mass is 16.6. The van der Waals surface area contributed by atoms with Crippen LogP contribution in [0.4, 0.5) is 0 Å². The molecule has 0 saturated carbocycles. The van der Waals surface area contributed by atoms with Crippen LogP contribution in [-0.2, 0) is 19.1 Å². The maximum absolute atomic E-state index is 12.1. The van der Waals surface area contributed by atoms with Crippen LogP contribution in [0.15, 0.2) is 0 Å². The van der Waals surface area contributed by atoms with Gasteiger partial charge in [0.15, 0.2) is 0 Å². The molecule has 0 fully saturated rings. The first-order valence-electron chi connectivity index (χ1n) is 11.6. The second kappa shape index (κ2) is 14.9. The first-order valence-corrected chi connectivity index (χ1v) is 11.6. The van der Waals surface area contributed by atoms with Gasteiger partial charge in [0.05, 0.1) is 0 Å². The molecule has 0 rings (SSSR count). The van der Waals surface area contributed by atoms with Gasteiger partial charge < -0.3 is 9.47 Å². The van der Waals surface area contributed by atoms with E-state index >= 15 is 0 Å². The van der Waals surface area contributed by atoms with Gasteiger partial charge in [0.1, 0.15) is 11.2 Å². The molecule has 0 aliphatic carbocycles. The zero-order chi connectivity index (χ0) is 21.5. The van der Waals surface area contributed by atoms with Crippen molar-refractivity contribution in [2.24, 2.45) is 0 Å². The lowest BCUT2D eigenvalue weighted by Gasteiger charge is -2.25. The largest absolute Gasteiger partial charge is 0.460 e. The Labute approximate surface area is 174 Å². The second-order valence-electron chi connectivity index (χ2n) is 9.30. The lowest BCUT2D eigenvalue weighted by Crippen LogP contribution is -2.28. The molecule has 0 aromatic heterocycles. The van der Waals surface area contributed by atoms with E-state index in [-0.39, 0.29) is 11.9 Å². The van der Waals surface area contributed by atoms with Gasteiger partial charge in [-0.25, -0.2) is 0 Å². The summed E-state index contributed by atoms with van der Waals surface area (Å²) in [5.74, 6) is -0.324. The monoisotopic (exact) mass is 398 g/mol. The summed E-state index contributed by atoms with van der Waals surface area (Å²) in [5.41, 5.74) is -0.795. The first-order chi connectivity index (χ1) is 13.1. The molecule has 0 unspecified atom stereocenters. The van der Waals surface area contributed by atoms with Crippen LogP contribution in [0.25, 0.3) is 0 Å². The summed E-state index contributed by atoms with van der Waals surface area (Å²) in [6, 6.07) is 0. The van der Waals surface area contributed by atoms with Crippen molar-refractivity contribution in [2.45, 2.75) is 143 Å². The fourth-order valence-corrected chi connectivity index (χ4v) is 3.31. The Morgan fingerprint density at radius 3 is 1.25 bits per heavy atom. The maximum Gasteiger partial charge on any atom is 0.306 e. The summed E-state index contributed by atoms with van der Waals surface area (Å²) in [6.45, 7) is 12.3. The molecule has 0 atom stereocenters. The number of carbonyl (C=O) groups is 2. The van der Waals surface area contributed by atoms with Crippen molar-refractivity contribution in [1.29, 1.82) is 0 Å². The Balaban J connectivity index is 3.92. The van der Waals surface area contributed by atoms with Crippen molar-refractivity contribution < 1.29 is 19.1 Å². The van der Waals surface area contributed by atoms with E-state index < -0.39 is 11.2 Å². The molecule has 0 aromatic carbocycles. The fraction of sp³-hybridized carbons (Fsp3) is 0.917. The Kier molecular flexibility index (Phi) is 14.3. The zero-order valence-corrected chi connectivity index (χ0v) is 19.5. The molecule has 0 aliphatic rings. The van der Waals surface area contributed by atoms with Crippen LogP contribution in [-0.4, -0.2) is 23.1 Å². The number of ether oxygens (including phenoxy) is 2. The number of carbonyl (C=O) groups excluding carboxylic acids is 2. The molecule has 4 heteroatoms. The van der Waals surface area contributed by atoms with Gasteiger partial charge in [-0.3, -0.25) is 9.59 Å². The number of hydrogen-bond donors (Lipinski definition) is 0. The Bertz CT molecular complexity index is 386. The molecule has 0 aromatic rings. The van der Waals surface area contributed by atoms with Crippen molar-refractivity contribution in [3.8, 4) is 0 Å². The van der Waals surface area contributed by atoms with E-state index in [0.717, 1.165) is 25.7 Å². The molecular formula is C24H46O4. The maximum atomic E-state index is 12.1. The zero-order valence-electron chi connectivity index (χ0n) is 19.5. The van der Waals surface area contributed by atoms with Gasteiger partial charge in [-0.2, -0.15) is 0 Å². The summed E-state index contributed by atoms with van der Waals surface area (Å²) in [4.78, 5) is 24.1. The Morgan fingerprint density at radius 2 is 0.929 bits per heavy atom. The molecular weight excluding hydrogens is 352 g/mol. The lowest BCUT2D eigenvalue weighted by atomic mass is 9.99. The summed E-state index contributed by atoms with van der Waals surface area (Å²) in [6.07, 6.45) is 13.3. The predicted molar refractivity (Wildman–Crippen MR) is 116 cm³/mol. The topological polar surface area (TPSA) is 52.6 Å². The van der Waals surface area contributed by atoms with Gasteiger partial charge in [0, 0.05) is 12.8 Å². The molecule has 0 saturated heterocycles. The fourth-order valence-electron chi connectivity index (χ4n) is 3.31. The average molecular weight is 399 g/mol. The molecule has 0 bridgehead atoms. The van der Waals surface area contributed by atoms with Crippen LogP contribution in [0.5, 0.6) is 0 Å². The number of unbranched alkanes of at least 4 members (excludes halogenated alkanes) is 7. The lowest BCUT2D eigenvalue weighted by molar-refractivity contribution is -0.159. The molecule has 28 heavy (non-hydrogen) atoms. The van der Waals surface area contributed by atoms with Gasteiger partial charge in [0.2, 0.25) is 0 Å². The SMILES string of the molecule is CCCCCCC(C)(C)OC(=O)CCCCC(=O)OC(C)(C)CCCCCC. The molecule has 4 nitrogen and oxygen atoms in total. The highest BCUT2D eigenvalue weighted by Crippen LogP contribution is 2.22. The van der Waals surface area contributed by atoms with Crippen LogP contribution in [0, 0.1) is 0 Å². The van der Waals surface area contributed by atoms with Crippen molar-refractivity contribution >= 4 is 11.9 Å². The quantitative estimate of drug-likeness (QED) is 0.193. The summed E-state index contributed by atoms with van der Waals surface area (Å²) in [7, 11) is 0. The average Bonchev–Trinajstić information content (AvgIpc) is 2.59. The summed E-state index contributed by atoms with van der Waals surface area (Å²) in [5, 5.41) is 0. The minimum atomic E-state index is -0.397. The van der Waals surface area contributed by atoms with Crippen LogP contribution in [0.3, 0.4) is 0 Å². The summed E-state index contributed by atoms with van der Waals surface area (Å²) < 4.78 is 11.2. The Hall–Kier alpha value is -1.06. The molecule has 0 heterocycles. The number of hydrogen-bond acceptors (Lipinski definition) is 4. The smallest absolute Gasteiger partial charge is 0.306 e. The van der Waals surface area contributed by atoms with Crippen LogP contribution in [0.1, 0.15) is 131 Å². The van der Waals surface area contributed by atoms with Crippen LogP contribution < -0.4 is 0 Å². The van der Waals surface area contributed by atoms with Crippen molar-refractivity contribution in [2.75, 3.05) is 0 Å². The highest BCUT2D eigenvalue weighted by Gasteiger charge is 2.23. The minimum Gasteiger partial charge on any atom is -0.460 e. The third-order valence-corrected chi connectivity index (χ3v) is 5.06. The molecule has 0 amide bonds. The number of rotatable bonds is 17. The molecule has 0 spiro atoms. The molecule has 0 N–H and O–H groups in total. The minimum absolute atomic E-state index is 0.162. The molecule has 0 radical (unpaired) electrons. The highest BCUT2D eigenvalue weighted by molar-refractivity contribution is 5.71. The predicted octanol–water partition coefficient (Wildman–Crippen LogP) is 7.13. The van der Waals surface area contributed by atoms with Gasteiger partial charge in [-0.15, -0.1) is 0 Å². The summed E-state index contributed by atoms with van der Waals surface area (Å²) >= 11 is 0. The van der Waals surface area contributed by atoms with Gasteiger partial charge in [-0.1, -0.05) is 52.4 Å². The second-order valence-corrected chi connectivity index (χ2v) is 9.30. The van der Waals surface area contributed by atoms with Gasteiger partial charge in [-0.05, 0) is 66.2 Å². The molecule has 166 valence electrons. The van der Waals surface area contributed by atoms with E-state index in [2.05, 4.69) is 13.8 Å². The van der Waals surface area contributed by atoms with Crippen LogP contribution in [0.2, 0.25) is 0 Å². The standard InChI is InChI=1S/C24H46O4/c1-7-9-11-15-19-23(3,4)27-21(25)17-13-14-18-22(26)28-24(5,6)20-16-12-10-8-2/h7-20H2,1-6H3. The van der Waals surface area contributed by atoms with E-state index in [0.29, 0.717) is 25.7 Å². The van der Waals surface area contributed by atoms with Gasteiger partial charge in [0.25, 0.3) is 0 Å². The Morgan fingerprint density at radius 1 is 0.571 bits per heavy atom. The van der Waals surface area contributed by atoms with E-state index in [1.54, 1.807) is 0 Å². The first kappa shape index (κ1) is 26.9. The van der Waals surface area contributed by atoms with E-state index in [1.807, 2.05) is 27.7 Å². The van der Waals surface area contributed by atoms with Gasteiger partial charge >= 0.3 is 11.9 Å². The third kappa shape index (κ3) is 15.9. The number of esters is 2. The molecule has 0 aliphatic heterocycles. The third-order valence-electron chi connectivity index (χ3n) is 5.06.